The van der Waals surface area contributed by atoms with Gasteiger partial charge >= 0.3 is 0 Å². The minimum atomic E-state index is -1.18. The molecule has 2 atom stereocenters. The Hall–Kier alpha value is -4.15. The smallest absolute Gasteiger partial charge is 0.253 e. The van der Waals surface area contributed by atoms with Gasteiger partial charge in [0.25, 0.3) is 11.8 Å². The van der Waals surface area contributed by atoms with Crippen molar-refractivity contribution in [2.24, 2.45) is 0 Å². The molecule has 0 saturated carbocycles. The van der Waals surface area contributed by atoms with E-state index in [9.17, 15) is 28.3 Å². The van der Waals surface area contributed by atoms with Gasteiger partial charge in [-0.25, -0.2) is 8.78 Å². The van der Waals surface area contributed by atoms with Crippen molar-refractivity contribution >= 4 is 17.7 Å². The van der Waals surface area contributed by atoms with Crippen LogP contribution in [-0.4, -0.2) is 66.1 Å². The lowest BCUT2D eigenvalue weighted by Gasteiger charge is -2.25. The van der Waals surface area contributed by atoms with Gasteiger partial charge in [-0.05, 0) is 79.6 Å². The van der Waals surface area contributed by atoms with Gasteiger partial charge in [0.05, 0.1) is 18.8 Å². The molecule has 45 heavy (non-hydrogen) atoms. The average molecular weight is 624 g/mol. The van der Waals surface area contributed by atoms with Crippen LogP contribution in [0.25, 0.3) is 0 Å². The lowest BCUT2D eigenvalue weighted by Crippen LogP contribution is -2.46. The van der Waals surface area contributed by atoms with Crippen molar-refractivity contribution in [3.8, 4) is 0 Å². The first-order chi connectivity index (χ1) is 21.6. The molecule has 3 aromatic rings. The van der Waals surface area contributed by atoms with Crippen molar-refractivity contribution in [3.63, 3.8) is 0 Å². The van der Waals surface area contributed by atoms with Gasteiger partial charge in [-0.1, -0.05) is 44.2 Å². The first kappa shape index (κ1) is 35.3. The molecule has 0 unspecified atom stereocenters. The predicted molar refractivity (Wildman–Crippen MR) is 169 cm³/mol. The second-order valence-corrected chi connectivity index (χ2v) is 11.1. The summed E-state index contributed by atoms with van der Waals surface area (Å²) in [6, 6.07) is 16.4. The molecule has 0 fully saturated rings. The van der Waals surface area contributed by atoms with E-state index in [2.05, 4.69) is 10.6 Å². The highest BCUT2D eigenvalue weighted by Gasteiger charge is 2.24. The molecule has 242 valence electrons. The maximum Gasteiger partial charge on any atom is 0.253 e. The number of nitrogens with one attached hydrogen (secondary N) is 2. The largest absolute Gasteiger partial charge is 0.391 e. The normalized spacial score (nSPS) is 12.3. The Morgan fingerprint density at radius 3 is 2.18 bits per heavy atom. The summed E-state index contributed by atoms with van der Waals surface area (Å²) in [6.07, 6.45) is 0.391. The summed E-state index contributed by atoms with van der Waals surface area (Å²) in [5.74, 6) is -2.66. The fourth-order valence-corrected chi connectivity index (χ4v) is 5.04. The SMILES string of the molecule is CCCN(CCC)C(=O)c1cc(C)cc(C(=O)N[C@@H](Cc2cc(F)cc(F)c2)[C@H](O)CCNC(=O)COCc2ccccc2)c1. The zero-order valence-corrected chi connectivity index (χ0v) is 26.2. The maximum atomic E-state index is 14.0. The van der Waals surface area contributed by atoms with Gasteiger partial charge in [0.1, 0.15) is 18.2 Å². The fourth-order valence-electron chi connectivity index (χ4n) is 5.04. The maximum absolute atomic E-state index is 14.0. The van der Waals surface area contributed by atoms with Crippen LogP contribution in [0, 0.1) is 18.6 Å². The number of amides is 3. The minimum absolute atomic E-state index is 0.0493. The molecule has 0 heterocycles. The number of aliphatic hydroxyl groups is 1. The van der Waals surface area contributed by atoms with Crippen LogP contribution in [-0.2, 0) is 22.6 Å². The Balaban J connectivity index is 1.69. The average Bonchev–Trinajstić information content (AvgIpc) is 3.00. The molecule has 0 bridgehead atoms. The molecular weight excluding hydrogens is 580 g/mol. The van der Waals surface area contributed by atoms with Crippen molar-refractivity contribution in [2.75, 3.05) is 26.2 Å². The molecule has 10 heteroatoms. The third-order valence-electron chi connectivity index (χ3n) is 7.13. The first-order valence-electron chi connectivity index (χ1n) is 15.3. The Morgan fingerprint density at radius 1 is 0.889 bits per heavy atom. The molecule has 0 aliphatic heterocycles. The molecule has 0 radical (unpaired) electrons. The summed E-state index contributed by atoms with van der Waals surface area (Å²) >= 11 is 0. The van der Waals surface area contributed by atoms with Gasteiger partial charge in [0.15, 0.2) is 0 Å². The number of halogens is 2. The van der Waals surface area contributed by atoms with Crippen LogP contribution in [0.5, 0.6) is 0 Å². The topological polar surface area (TPSA) is 108 Å². The van der Waals surface area contributed by atoms with E-state index in [1.54, 1.807) is 24.0 Å². The lowest BCUT2D eigenvalue weighted by molar-refractivity contribution is -0.126. The number of aliphatic hydroxyl groups excluding tert-OH is 1. The summed E-state index contributed by atoms with van der Waals surface area (Å²) in [5.41, 5.74) is 2.48. The lowest BCUT2D eigenvalue weighted by atomic mass is 9.97. The number of ether oxygens (including phenoxy) is 1. The Morgan fingerprint density at radius 2 is 1.53 bits per heavy atom. The molecule has 0 aromatic heterocycles. The summed E-state index contributed by atoms with van der Waals surface area (Å²) in [6.45, 7) is 7.13. The van der Waals surface area contributed by atoms with Gasteiger partial charge in [-0.3, -0.25) is 14.4 Å². The highest BCUT2D eigenvalue weighted by molar-refractivity contribution is 6.00. The molecule has 0 aliphatic rings. The molecule has 3 aromatic carbocycles. The minimum Gasteiger partial charge on any atom is -0.391 e. The second-order valence-electron chi connectivity index (χ2n) is 11.1. The molecule has 0 saturated heterocycles. The third-order valence-corrected chi connectivity index (χ3v) is 7.13. The van der Waals surface area contributed by atoms with Gasteiger partial charge in [-0.15, -0.1) is 0 Å². The number of aryl methyl sites for hydroxylation is 1. The molecular formula is C35H43F2N3O5. The van der Waals surface area contributed by atoms with Crippen molar-refractivity contribution in [1.82, 2.24) is 15.5 Å². The third kappa shape index (κ3) is 11.7. The van der Waals surface area contributed by atoms with Gasteiger partial charge < -0.3 is 25.4 Å². The molecule has 0 spiro atoms. The standard InChI is InChI=1S/C35H43F2N3O5/c1-4-13-40(14-5-2)35(44)28-16-24(3)15-27(20-28)34(43)39-31(19-26-17-29(36)21-30(37)18-26)32(41)11-12-38-33(42)23-45-22-25-9-7-6-8-10-25/h6-10,15-18,20-21,31-32,41H,4-5,11-14,19,22-23H2,1-3H3,(H,38,42)(H,39,43)/t31-,32+/m0/s1. The van der Waals surface area contributed by atoms with Crippen LogP contribution in [0.1, 0.15) is 70.5 Å². The van der Waals surface area contributed by atoms with Crippen LogP contribution in [0.4, 0.5) is 8.78 Å². The van der Waals surface area contributed by atoms with Crippen molar-refractivity contribution in [2.45, 2.75) is 65.2 Å². The summed E-state index contributed by atoms with van der Waals surface area (Å²) in [4.78, 5) is 40.7. The van der Waals surface area contributed by atoms with E-state index in [-0.39, 0.29) is 55.5 Å². The van der Waals surface area contributed by atoms with Crippen molar-refractivity contribution < 1.29 is 33.0 Å². The fraction of sp³-hybridized carbons (Fsp3) is 0.400. The van der Waals surface area contributed by atoms with E-state index in [0.717, 1.165) is 36.6 Å². The predicted octanol–water partition coefficient (Wildman–Crippen LogP) is 4.96. The Kier molecular flexibility index (Phi) is 14.1. The van der Waals surface area contributed by atoms with Gasteiger partial charge in [-0.2, -0.15) is 0 Å². The summed E-state index contributed by atoms with van der Waals surface area (Å²) < 4.78 is 33.4. The van der Waals surface area contributed by atoms with Crippen LogP contribution < -0.4 is 10.6 Å². The number of nitrogens with zero attached hydrogens (tertiary/aromatic N) is 1. The first-order valence-corrected chi connectivity index (χ1v) is 15.3. The number of carbonyl (C=O) groups is 3. The number of carbonyl (C=O) groups excluding carboxylic acids is 3. The molecule has 3 rings (SSSR count). The van der Waals surface area contributed by atoms with Crippen molar-refractivity contribution in [3.05, 3.63) is 106 Å². The Bertz CT molecular complexity index is 1390. The number of hydrogen-bond acceptors (Lipinski definition) is 5. The van der Waals surface area contributed by atoms with Crippen LogP contribution in [0.3, 0.4) is 0 Å². The van der Waals surface area contributed by atoms with Gasteiger partial charge in [0.2, 0.25) is 5.91 Å². The highest BCUT2D eigenvalue weighted by Crippen LogP contribution is 2.17. The van der Waals surface area contributed by atoms with Gasteiger partial charge in [0, 0.05) is 36.8 Å². The summed E-state index contributed by atoms with van der Waals surface area (Å²) in [7, 11) is 0. The van der Waals surface area contributed by atoms with Crippen LogP contribution >= 0.6 is 0 Å². The number of benzene rings is 3. The number of rotatable bonds is 17. The molecule has 3 amide bonds. The summed E-state index contributed by atoms with van der Waals surface area (Å²) in [5, 5.41) is 16.6. The van der Waals surface area contributed by atoms with E-state index in [0.29, 0.717) is 24.2 Å². The molecule has 3 N–H and O–H groups in total. The zero-order chi connectivity index (χ0) is 32.8. The van der Waals surface area contributed by atoms with E-state index in [1.807, 2.05) is 44.2 Å². The molecule has 8 nitrogen and oxygen atoms in total. The van der Waals surface area contributed by atoms with E-state index < -0.39 is 29.7 Å². The van der Waals surface area contributed by atoms with E-state index in [4.69, 9.17) is 4.74 Å². The van der Waals surface area contributed by atoms with Crippen LogP contribution in [0.2, 0.25) is 0 Å². The van der Waals surface area contributed by atoms with E-state index in [1.165, 1.54) is 6.07 Å². The van der Waals surface area contributed by atoms with Crippen LogP contribution in [0.15, 0.2) is 66.7 Å². The second kappa shape index (κ2) is 18.0. The van der Waals surface area contributed by atoms with E-state index >= 15 is 0 Å². The zero-order valence-electron chi connectivity index (χ0n) is 26.2. The monoisotopic (exact) mass is 623 g/mol. The Labute approximate surface area is 263 Å². The van der Waals surface area contributed by atoms with Crippen molar-refractivity contribution in [1.29, 1.82) is 0 Å². The molecule has 0 aliphatic carbocycles. The highest BCUT2D eigenvalue weighted by atomic mass is 19.1. The number of hydrogen-bond donors (Lipinski definition) is 3. The quantitative estimate of drug-likeness (QED) is 0.197.